The second-order valence-corrected chi connectivity index (χ2v) is 9.11. The molecule has 148 valence electrons. The van der Waals surface area contributed by atoms with Crippen molar-refractivity contribution >= 4 is 27.0 Å². The maximum absolute atomic E-state index is 12.4. The van der Waals surface area contributed by atoms with E-state index in [-0.39, 0.29) is 11.8 Å². The van der Waals surface area contributed by atoms with Crippen molar-refractivity contribution in [3.8, 4) is 11.3 Å². The van der Waals surface area contributed by atoms with E-state index in [1.54, 1.807) is 16.7 Å². The molecule has 3 aromatic rings. The normalized spacial score (nSPS) is 18.4. The summed E-state index contributed by atoms with van der Waals surface area (Å²) >= 11 is 0. The van der Waals surface area contributed by atoms with Crippen molar-refractivity contribution in [2.75, 3.05) is 24.2 Å². The second kappa shape index (κ2) is 7.84. The van der Waals surface area contributed by atoms with Gasteiger partial charge in [0.2, 0.25) is 10.0 Å². The van der Waals surface area contributed by atoms with Crippen LogP contribution in [0.1, 0.15) is 26.2 Å². The van der Waals surface area contributed by atoms with E-state index >= 15 is 0 Å². The minimum absolute atomic E-state index is 0.0120. The number of rotatable bonds is 6. The standard InChI is InChI=1S/C19H24N6O2S/c1-2-11-28(26,27)25-10-4-5-14(13-25)23-18-15(6-3-8-20-18)17-12-22-19-16(24-17)7-9-21-19/h3,6-9,12,14H,2,4-5,10-11,13H2,1H3,(H,20,23)(H,21,22). The molecular formula is C19H24N6O2S. The number of nitrogens with zero attached hydrogens (tertiary/aromatic N) is 4. The highest BCUT2D eigenvalue weighted by Gasteiger charge is 2.28. The number of sulfonamides is 1. The average Bonchev–Trinajstić information content (AvgIpc) is 3.16. The number of hydrogen-bond acceptors (Lipinski definition) is 6. The largest absolute Gasteiger partial charge is 0.365 e. The van der Waals surface area contributed by atoms with Crippen LogP contribution in [-0.4, -0.2) is 57.5 Å². The van der Waals surface area contributed by atoms with Crippen molar-refractivity contribution in [2.45, 2.75) is 32.2 Å². The Morgan fingerprint density at radius 2 is 2.21 bits per heavy atom. The lowest BCUT2D eigenvalue weighted by Gasteiger charge is -2.32. The number of anilines is 1. The summed E-state index contributed by atoms with van der Waals surface area (Å²) in [4.78, 5) is 16.6. The minimum atomic E-state index is -3.19. The van der Waals surface area contributed by atoms with E-state index in [1.807, 2.05) is 31.3 Å². The first-order chi connectivity index (χ1) is 13.6. The molecule has 1 aliphatic heterocycles. The van der Waals surface area contributed by atoms with Gasteiger partial charge in [0, 0.05) is 37.1 Å². The average molecular weight is 401 g/mol. The van der Waals surface area contributed by atoms with Crippen molar-refractivity contribution in [3.05, 3.63) is 36.8 Å². The zero-order valence-corrected chi connectivity index (χ0v) is 16.6. The van der Waals surface area contributed by atoms with Crippen LogP contribution in [0.25, 0.3) is 22.4 Å². The molecule has 1 unspecified atom stereocenters. The van der Waals surface area contributed by atoms with Crippen LogP contribution in [0.4, 0.5) is 5.82 Å². The Morgan fingerprint density at radius 1 is 1.32 bits per heavy atom. The number of aromatic amines is 1. The molecule has 4 rings (SSSR count). The van der Waals surface area contributed by atoms with Crippen LogP contribution in [0.15, 0.2) is 36.8 Å². The summed E-state index contributed by atoms with van der Waals surface area (Å²) < 4.78 is 26.5. The quantitative estimate of drug-likeness (QED) is 0.659. The first kappa shape index (κ1) is 18.8. The predicted octanol–water partition coefficient (Wildman–Crippen LogP) is 2.64. The molecule has 0 spiro atoms. The van der Waals surface area contributed by atoms with E-state index in [0.29, 0.717) is 25.3 Å². The fourth-order valence-corrected chi connectivity index (χ4v) is 5.17. The third-order valence-electron chi connectivity index (χ3n) is 4.92. The van der Waals surface area contributed by atoms with Crippen LogP contribution in [0.5, 0.6) is 0 Å². The highest BCUT2D eigenvalue weighted by Crippen LogP contribution is 2.27. The number of hydrogen-bond donors (Lipinski definition) is 2. The molecule has 4 heterocycles. The van der Waals surface area contributed by atoms with Crippen molar-refractivity contribution in [2.24, 2.45) is 0 Å². The third-order valence-corrected chi connectivity index (χ3v) is 6.97. The van der Waals surface area contributed by atoms with Crippen LogP contribution in [0, 0.1) is 0 Å². The van der Waals surface area contributed by atoms with Gasteiger partial charge in [-0.1, -0.05) is 6.92 Å². The van der Waals surface area contributed by atoms with E-state index in [0.717, 1.165) is 35.3 Å². The molecule has 3 aromatic heterocycles. The van der Waals surface area contributed by atoms with E-state index < -0.39 is 10.0 Å². The molecule has 8 nitrogen and oxygen atoms in total. The Kier molecular flexibility index (Phi) is 5.27. The molecular weight excluding hydrogens is 376 g/mol. The summed E-state index contributed by atoms with van der Waals surface area (Å²) in [6, 6.07) is 5.71. The van der Waals surface area contributed by atoms with Gasteiger partial charge in [0.1, 0.15) is 11.3 Å². The molecule has 1 saturated heterocycles. The highest BCUT2D eigenvalue weighted by molar-refractivity contribution is 7.89. The van der Waals surface area contributed by atoms with Crippen molar-refractivity contribution in [1.82, 2.24) is 24.2 Å². The van der Waals surface area contributed by atoms with Gasteiger partial charge in [-0.3, -0.25) is 0 Å². The SMILES string of the molecule is CCCS(=O)(=O)N1CCCC(Nc2ncccc2-c2cnc3[nH]ccc3n2)C1. The summed E-state index contributed by atoms with van der Waals surface area (Å²) in [5.41, 5.74) is 3.12. The van der Waals surface area contributed by atoms with Gasteiger partial charge in [0.25, 0.3) is 0 Å². The molecule has 1 fully saturated rings. The number of aromatic nitrogens is 4. The summed E-state index contributed by atoms with van der Waals surface area (Å²) in [7, 11) is -3.19. The molecule has 1 aliphatic rings. The Morgan fingerprint density at radius 3 is 3.07 bits per heavy atom. The van der Waals surface area contributed by atoms with E-state index in [9.17, 15) is 8.42 Å². The lowest BCUT2D eigenvalue weighted by Crippen LogP contribution is -2.46. The molecule has 0 aromatic carbocycles. The number of nitrogens with one attached hydrogen (secondary N) is 2. The van der Waals surface area contributed by atoms with Crippen molar-refractivity contribution in [1.29, 1.82) is 0 Å². The molecule has 0 bridgehead atoms. The molecule has 28 heavy (non-hydrogen) atoms. The molecule has 9 heteroatoms. The first-order valence-corrected chi connectivity index (χ1v) is 11.2. The fourth-order valence-electron chi connectivity index (χ4n) is 3.58. The van der Waals surface area contributed by atoms with E-state index in [2.05, 4.69) is 25.3 Å². The minimum Gasteiger partial charge on any atom is -0.365 e. The summed E-state index contributed by atoms with van der Waals surface area (Å²) in [6.07, 6.45) is 7.61. The Balaban J connectivity index is 1.57. The summed E-state index contributed by atoms with van der Waals surface area (Å²) in [5.74, 6) is 0.896. The smallest absolute Gasteiger partial charge is 0.214 e. The maximum Gasteiger partial charge on any atom is 0.214 e. The zero-order valence-electron chi connectivity index (χ0n) is 15.8. The Hall–Kier alpha value is -2.52. The van der Waals surface area contributed by atoms with Crippen LogP contribution < -0.4 is 5.32 Å². The van der Waals surface area contributed by atoms with Gasteiger partial charge in [-0.15, -0.1) is 0 Å². The topological polar surface area (TPSA) is 104 Å². The molecule has 0 radical (unpaired) electrons. The number of pyridine rings is 1. The van der Waals surface area contributed by atoms with Crippen molar-refractivity contribution in [3.63, 3.8) is 0 Å². The maximum atomic E-state index is 12.4. The molecule has 0 amide bonds. The van der Waals surface area contributed by atoms with E-state index in [4.69, 9.17) is 0 Å². The highest BCUT2D eigenvalue weighted by atomic mass is 32.2. The predicted molar refractivity (Wildman–Crippen MR) is 109 cm³/mol. The lowest BCUT2D eigenvalue weighted by atomic mass is 10.1. The van der Waals surface area contributed by atoms with Crippen LogP contribution >= 0.6 is 0 Å². The van der Waals surface area contributed by atoms with Gasteiger partial charge in [0.05, 0.1) is 17.6 Å². The summed E-state index contributed by atoms with van der Waals surface area (Å²) in [5, 5.41) is 3.44. The van der Waals surface area contributed by atoms with Crippen LogP contribution in [0.2, 0.25) is 0 Å². The van der Waals surface area contributed by atoms with Crippen LogP contribution in [0.3, 0.4) is 0 Å². The molecule has 0 aliphatic carbocycles. The van der Waals surface area contributed by atoms with Crippen molar-refractivity contribution < 1.29 is 8.42 Å². The van der Waals surface area contributed by atoms with Gasteiger partial charge in [-0.2, -0.15) is 4.31 Å². The summed E-state index contributed by atoms with van der Waals surface area (Å²) in [6.45, 7) is 2.94. The lowest BCUT2D eigenvalue weighted by molar-refractivity contribution is 0.326. The van der Waals surface area contributed by atoms with Gasteiger partial charge in [-0.25, -0.2) is 23.4 Å². The van der Waals surface area contributed by atoms with Gasteiger partial charge >= 0.3 is 0 Å². The molecule has 1 atom stereocenters. The van der Waals surface area contributed by atoms with Crippen LogP contribution in [-0.2, 0) is 10.0 Å². The van der Waals surface area contributed by atoms with Gasteiger partial charge < -0.3 is 10.3 Å². The fraction of sp³-hybridized carbons (Fsp3) is 0.421. The number of fused-ring (bicyclic) bond motifs is 1. The molecule has 0 saturated carbocycles. The van der Waals surface area contributed by atoms with E-state index in [1.165, 1.54) is 0 Å². The Labute approximate surface area is 164 Å². The second-order valence-electron chi connectivity index (χ2n) is 7.02. The third kappa shape index (κ3) is 3.85. The Bertz CT molecular complexity index is 1060. The first-order valence-electron chi connectivity index (χ1n) is 9.56. The number of H-pyrrole nitrogens is 1. The molecule has 2 N–H and O–H groups in total. The monoisotopic (exact) mass is 400 g/mol. The number of piperidine rings is 1. The zero-order chi connectivity index (χ0) is 19.6. The van der Waals surface area contributed by atoms with Gasteiger partial charge in [0.15, 0.2) is 5.65 Å². The van der Waals surface area contributed by atoms with Gasteiger partial charge in [-0.05, 0) is 37.5 Å².